The van der Waals surface area contributed by atoms with Crippen LogP contribution in [-0.2, 0) is 9.31 Å². The molecule has 1 aromatic rings. The van der Waals surface area contributed by atoms with Crippen LogP contribution in [0.25, 0.3) is 5.47 Å². The fourth-order valence-electron chi connectivity index (χ4n) is 1.74. The first-order valence-electron chi connectivity index (χ1n) is 5.40. The minimum Gasteiger partial charge on any atom is -0.405 e. The summed E-state index contributed by atoms with van der Waals surface area (Å²) in [5.74, 6) is 0. The molecule has 0 aromatic heterocycles. The Kier molecular flexibility index (Phi) is 3.59. The zero-order valence-corrected chi connectivity index (χ0v) is 8.98. The molecule has 1 aliphatic rings. The smallest absolute Gasteiger partial charge is 0.405 e. The van der Waals surface area contributed by atoms with E-state index in [4.69, 9.17) is 9.31 Å². The van der Waals surface area contributed by atoms with Gasteiger partial charge in [-0.25, -0.2) is 0 Å². The Morgan fingerprint density at radius 2 is 1.93 bits per heavy atom. The molecule has 1 fully saturated rings. The van der Waals surface area contributed by atoms with E-state index in [1.807, 2.05) is 18.2 Å². The summed E-state index contributed by atoms with van der Waals surface area (Å²) in [5.41, 5.74) is 2.34. The van der Waals surface area contributed by atoms with Gasteiger partial charge in [-0.15, -0.1) is 0 Å². The summed E-state index contributed by atoms with van der Waals surface area (Å²) in [4.78, 5) is 0. The Morgan fingerprint density at radius 1 is 1.27 bits per heavy atom. The van der Waals surface area contributed by atoms with Crippen molar-refractivity contribution in [3.8, 4) is 0 Å². The van der Waals surface area contributed by atoms with E-state index in [1.165, 1.54) is 5.56 Å². The van der Waals surface area contributed by atoms with Gasteiger partial charge in [-0.2, -0.15) is 0 Å². The highest BCUT2D eigenvalue weighted by Crippen LogP contribution is 2.21. The summed E-state index contributed by atoms with van der Waals surface area (Å²) in [6.45, 7) is 3.51. The quantitative estimate of drug-likeness (QED) is 0.701. The second-order valence-electron chi connectivity index (χ2n) is 3.51. The third kappa shape index (κ3) is 2.49. The minimum absolute atomic E-state index is 0.174. The lowest BCUT2D eigenvalue weighted by molar-refractivity contribution is 0.365. The van der Waals surface area contributed by atoms with Gasteiger partial charge in [0.15, 0.2) is 0 Å². The highest BCUT2D eigenvalue weighted by Gasteiger charge is 2.28. The van der Waals surface area contributed by atoms with Crippen LogP contribution in [-0.4, -0.2) is 20.3 Å². The maximum atomic E-state index is 5.53. The van der Waals surface area contributed by atoms with Crippen LogP contribution in [0.5, 0.6) is 0 Å². The third-order valence-corrected chi connectivity index (χ3v) is 2.41. The molecule has 2 nitrogen and oxygen atoms in total. The molecular weight excluding hydrogens is 187 g/mol. The Bertz CT molecular complexity index is 329. The number of hydrogen-bond donors (Lipinski definition) is 0. The van der Waals surface area contributed by atoms with Gasteiger partial charge in [-0.3, -0.25) is 0 Å². The topological polar surface area (TPSA) is 18.5 Å². The summed E-state index contributed by atoms with van der Waals surface area (Å²) >= 11 is 0. The fourth-order valence-corrected chi connectivity index (χ4v) is 1.74. The van der Waals surface area contributed by atoms with E-state index in [-0.39, 0.29) is 7.12 Å². The van der Waals surface area contributed by atoms with E-state index < -0.39 is 0 Å². The van der Waals surface area contributed by atoms with Gasteiger partial charge in [0.1, 0.15) is 0 Å². The first kappa shape index (κ1) is 10.5. The number of hydrogen-bond acceptors (Lipinski definition) is 2. The molecule has 0 bridgehead atoms. The summed E-state index contributed by atoms with van der Waals surface area (Å²) < 4.78 is 11.1. The van der Waals surface area contributed by atoms with Crippen molar-refractivity contribution in [1.29, 1.82) is 0 Å². The van der Waals surface area contributed by atoms with Gasteiger partial charge in [0.05, 0.1) is 13.2 Å². The monoisotopic (exact) mass is 202 g/mol. The molecule has 0 radical (unpaired) electrons. The van der Waals surface area contributed by atoms with Crippen LogP contribution in [0.4, 0.5) is 0 Å². The van der Waals surface area contributed by atoms with Crippen molar-refractivity contribution in [2.75, 3.05) is 13.2 Å². The molecule has 0 spiro atoms. The molecule has 78 valence electrons. The third-order valence-electron chi connectivity index (χ3n) is 2.41. The fraction of sp³-hybridized carbons (Fsp3) is 0.333. The maximum Gasteiger partial charge on any atom is 0.494 e. The predicted molar refractivity (Wildman–Crippen MR) is 62.4 cm³/mol. The van der Waals surface area contributed by atoms with E-state index in [1.54, 1.807) is 0 Å². The van der Waals surface area contributed by atoms with Gasteiger partial charge < -0.3 is 9.31 Å². The summed E-state index contributed by atoms with van der Waals surface area (Å²) in [6, 6.07) is 10.3. The van der Waals surface area contributed by atoms with E-state index >= 15 is 0 Å². The minimum atomic E-state index is -0.174. The molecule has 0 atom stereocenters. The first-order chi connectivity index (χ1) is 7.42. The molecule has 2 rings (SSSR count). The van der Waals surface area contributed by atoms with E-state index in [0.717, 1.165) is 11.9 Å². The Labute approximate surface area is 91.0 Å². The van der Waals surface area contributed by atoms with Crippen LogP contribution < -0.4 is 0 Å². The van der Waals surface area contributed by atoms with Crippen LogP contribution in [0.15, 0.2) is 36.4 Å². The van der Waals surface area contributed by atoms with Gasteiger partial charge >= 0.3 is 7.12 Å². The molecule has 1 heterocycles. The molecule has 3 heteroatoms. The normalized spacial score (nSPS) is 17.1. The second kappa shape index (κ2) is 5.15. The van der Waals surface area contributed by atoms with Crippen molar-refractivity contribution in [3.05, 3.63) is 42.0 Å². The van der Waals surface area contributed by atoms with Crippen molar-refractivity contribution in [2.24, 2.45) is 0 Å². The van der Waals surface area contributed by atoms with Crippen molar-refractivity contribution in [3.63, 3.8) is 0 Å². The molecule has 1 saturated heterocycles. The Hall–Kier alpha value is -1.06. The lowest BCUT2D eigenvalue weighted by Gasteiger charge is -2.09. The standard InChI is InChI=1S/C12H15BO2/c1-2-6-12(13-14-9-10-15-13)11-7-4-3-5-8-11/h3-8H,2,9-10H2,1H3/b12-6+. The largest absolute Gasteiger partial charge is 0.494 e. The zero-order valence-electron chi connectivity index (χ0n) is 8.98. The molecule has 0 amide bonds. The van der Waals surface area contributed by atoms with Crippen molar-refractivity contribution in [2.45, 2.75) is 13.3 Å². The number of benzene rings is 1. The first-order valence-corrected chi connectivity index (χ1v) is 5.40. The number of allylic oxidation sites excluding steroid dienone is 1. The Balaban J connectivity index is 2.23. The van der Waals surface area contributed by atoms with Gasteiger partial charge in [-0.05, 0) is 17.5 Å². The van der Waals surface area contributed by atoms with Gasteiger partial charge in [0.2, 0.25) is 0 Å². The molecular formula is C12H15BO2. The summed E-state index contributed by atoms with van der Waals surface area (Å²) in [6.07, 6.45) is 3.17. The molecule has 1 aliphatic heterocycles. The van der Waals surface area contributed by atoms with E-state index in [9.17, 15) is 0 Å². The molecule has 0 unspecified atom stereocenters. The highest BCUT2D eigenvalue weighted by molar-refractivity contribution is 6.68. The SMILES string of the molecule is CC/C=C(/B1OCCO1)c1ccccc1. The number of rotatable bonds is 3. The Morgan fingerprint density at radius 3 is 2.53 bits per heavy atom. The van der Waals surface area contributed by atoms with E-state index in [0.29, 0.717) is 13.2 Å². The predicted octanol–water partition coefficient (Wildman–Crippen LogP) is 2.55. The lowest BCUT2D eigenvalue weighted by Crippen LogP contribution is -2.17. The van der Waals surface area contributed by atoms with Crippen LogP contribution in [0.3, 0.4) is 0 Å². The van der Waals surface area contributed by atoms with Crippen molar-refractivity contribution >= 4 is 12.6 Å². The lowest BCUT2D eigenvalue weighted by atomic mass is 9.74. The maximum absolute atomic E-state index is 5.53. The van der Waals surface area contributed by atoms with Crippen molar-refractivity contribution in [1.82, 2.24) is 0 Å². The molecule has 0 N–H and O–H groups in total. The summed E-state index contributed by atoms with van der Waals surface area (Å²) in [7, 11) is -0.174. The van der Waals surface area contributed by atoms with Crippen LogP contribution >= 0.6 is 0 Å². The van der Waals surface area contributed by atoms with Gasteiger partial charge in [0, 0.05) is 0 Å². The van der Waals surface area contributed by atoms with Gasteiger partial charge in [0.25, 0.3) is 0 Å². The van der Waals surface area contributed by atoms with Crippen molar-refractivity contribution < 1.29 is 9.31 Å². The zero-order chi connectivity index (χ0) is 10.5. The molecule has 0 aliphatic carbocycles. The van der Waals surface area contributed by atoms with Gasteiger partial charge in [-0.1, -0.05) is 43.3 Å². The molecule has 15 heavy (non-hydrogen) atoms. The molecule has 0 saturated carbocycles. The highest BCUT2D eigenvalue weighted by atomic mass is 16.6. The molecule has 1 aromatic carbocycles. The average Bonchev–Trinajstić information content (AvgIpc) is 2.80. The second-order valence-corrected chi connectivity index (χ2v) is 3.51. The van der Waals surface area contributed by atoms with E-state index in [2.05, 4.69) is 25.1 Å². The average molecular weight is 202 g/mol. The van der Waals surface area contributed by atoms with Crippen LogP contribution in [0, 0.1) is 0 Å². The van der Waals surface area contributed by atoms with Crippen LogP contribution in [0.2, 0.25) is 0 Å². The van der Waals surface area contributed by atoms with Crippen LogP contribution in [0.1, 0.15) is 18.9 Å². The summed E-state index contributed by atoms with van der Waals surface area (Å²) in [5, 5.41) is 0.